The van der Waals surface area contributed by atoms with Crippen molar-refractivity contribution in [3.05, 3.63) is 28.2 Å². The van der Waals surface area contributed by atoms with Crippen LogP contribution in [0.4, 0.5) is 5.69 Å². The summed E-state index contributed by atoms with van der Waals surface area (Å²) >= 11 is 8.02. The Morgan fingerprint density at radius 3 is 2.59 bits per heavy atom. The summed E-state index contributed by atoms with van der Waals surface area (Å²) < 4.78 is 27.1. The number of rotatable bonds is 4. The van der Waals surface area contributed by atoms with Gasteiger partial charge in [0.2, 0.25) is 10.0 Å². The molecular weight excluding hydrogens is 324 g/mol. The molecule has 0 bridgehead atoms. The van der Waals surface area contributed by atoms with Gasteiger partial charge in [-0.05, 0) is 37.6 Å². The summed E-state index contributed by atoms with van der Waals surface area (Å²) in [5.41, 5.74) is 6.77. The van der Waals surface area contributed by atoms with E-state index < -0.39 is 15.3 Å². The van der Waals surface area contributed by atoms with Crippen LogP contribution in [0.3, 0.4) is 0 Å². The number of thiocarbonyl (C=S) groups is 1. The maximum Gasteiger partial charge on any atom is 0.241 e. The third kappa shape index (κ3) is 3.65. The number of nitrogens with two attached hydrogens (primary N) is 1. The highest BCUT2D eigenvalue weighted by atomic mass is 79.9. The molecule has 0 aromatic heterocycles. The first-order chi connectivity index (χ1) is 7.74. The van der Waals surface area contributed by atoms with Gasteiger partial charge in [0, 0.05) is 10.2 Å². The normalized spacial score (nSPS) is 13.1. The summed E-state index contributed by atoms with van der Waals surface area (Å²) in [6.07, 6.45) is 0. The Hall–Kier alpha value is -0.660. The minimum absolute atomic E-state index is 0.0497. The number of anilines is 1. The first-order valence-corrected chi connectivity index (χ1v) is 7.56. The van der Waals surface area contributed by atoms with E-state index >= 15 is 0 Å². The smallest absolute Gasteiger partial charge is 0.241 e. The maximum absolute atomic E-state index is 11.8. The number of aryl methyl sites for hydroxylation is 1. The Balaban J connectivity index is 2.98. The standard InChI is InChI=1S/C10H13BrN2O2S2/c1-6-5-8(3-4-9(6)11)13-17(14,15)7(2)10(12)16/h3-5,7,13H,1-2H3,(H2,12,16). The van der Waals surface area contributed by atoms with Gasteiger partial charge in [0.25, 0.3) is 0 Å². The Morgan fingerprint density at radius 2 is 2.12 bits per heavy atom. The van der Waals surface area contributed by atoms with E-state index in [1.165, 1.54) is 6.92 Å². The van der Waals surface area contributed by atoms with E-state index in [0.29, 0.717) is 5.69 Å². The van der Waals surface area contributed by atoms with Crippen LogP contribution >= 0.6 is 28.1 Å². The van der Waals surface area contributed by atoms with E-state index in [1.807, 2.05) is 6.92 Å². The number of halogens is 1. The zero-order valence-corrected chi connectivity index (χ0v) is 12.6. The highest BCUT2D eigenvalue weighted by Gasteiger charge is 2.23. The number of nitrogens with one attached hydrogen (secondary N) is 1. The second-order valence-electron chi connectivity index (χ2n) is 3.66. The van der Waals surface area contributed by atoms with Crippen LogP contribution in [0.5, 0.6) is 0 Å². The van der Waals surface area contributed by atoms with Gasteiger partial charge in [-0.1, -0.05) is 28.1 Å². The predicted molar refractivity (Wildman–Crippen MR) is 77.7 cm³/mol. The zero-order chi connectivity index (χ0) is 13.2. The predicted octanol–water partition coefficient (Wildman–Crippen LogP) is 2.17. The molecule has 0 fully saturated rings. The molecule has 0 aliphatic heterocycles. The molecule has 94 valence electrons. The van der Waals surface area contributed by atoms with E-state index in [-0.39, 0.29) is 4.99 Å². The fraction of sp³-hybridized carbons (Fsp3) is 0.300. The second-order valence-corrected chi connectivity index (χ2v) is 6.98. The molecule has 0 aliphatic rings. The molecule has 0 amide bonds. The van der Waals surface area contributed by atoms with Crippen LogP contribution < -0.4 is 10.5 Å². The third-order valence-corrected chi connectivity index (χ3v) is 5.38. The van der Waals surface area contributed by atoms with Crippen molar-refractivity contribution in [1.82, 2.24) is 0 Å². The minimum Gasteiger partial charge on any atom is -0.392 e. The summed E-state index contributed by atoms with van der Waals surface area (Å²) in [7, 11) is -3.57. The highest BCUT2D eigenvalue weighted by Crippen LogP contribution is 2.21. The van der Waals surface area contributed by atoms with Crippen molar-refractivity contribution in [2.75, 3.05) is 4.72 Å². The molecule has 1 rings (SSSR count). The average Bonchev–Trinajstić information content (AvgIpc) is 2.22. The van der Waals surface area contributed by atoms with Crippen LogP contribution in [0.25, 0.3) is 0 Å². The number of sulfonamides is 1. The van der Waals surface area contributed by atoms with E-state index in [1.54, 1.807) is 18.2 Å². The summed E-state index contributed by atoms with van der Waals surface area (Å²) in [6, 6.07) is 5.17. The largest absolute Gasteiger partial charge is 0.392 e. The molecule has 4 nitrogen and oxygen atoms in total. The molecule has 0 radical (unpaired) electrons. The van der Waals surface area contributed by atoms with E-state index in [0.717, 1.165) is 10.0 Å². The van der Waals surface area contributed by atoms with E-state index in [9.17, 15) is 8.42 Å². The molecule has 3 N–H and O–H groups in total. The van der Waals surface area contributed by atoms with Gasteiger partial charge < -0.3 is 5.73 Å². The summed E-state index contributed by atoms with van der Waals surface area (Å²) in [5, 5.41) is -0.901. The number of hydrogen-bond donors (Lipinski definition) is 2. The molecule has 1 aromatic rings. The molecule has 0 saturated carbocycles. The van der Waals surface area contributed by atoms with Crippen molar-refractivity contribution in [3.8, 4) is 0 Å². The highest BCUT2D eigenvalue weighted by molar-refractivity contribution is 9.10. The zero-order valence-electron chi connectivity index (χ0n) is 9.40. The fourth-order valence-corrected chi connectivity index (χ4v) is 2.68. The van der Waals surface area contributed by atoms with Crippen LogP contribution in [-0.4, -0.2) is 18.7 Å². The van der Waals surface area contributed by atoms with E-state index in [4.69, 9.17) is 5.73 Å². The van der Waals surface area contributed by atoms with Crippen LogP contribution in [0.15, 0.2) is 22.7 Å². The van der Waals surface area contributed by atoms with Crippen LogP contribution in [-0.2, 0) is 10.0 Å². The van der Waals surface area contributed by atoms with Gasteiger partial charge in [0.1, 0.15) is 5.25 Å². The van der Waals surface area contributed by atoms with Crippen LogP contribution in [0.1, 0.15) is 12.5 Å². The molecule has 0 saturated heterocycles. The van der Waals surface area contributed by atoms with Gasteiger partial charge in [-0.15, -0.1) is 0 Å². The van der Waals surface area contributed by atoms with Crippen LogP contribution in [0.2, 0.25) is 0 Å². The molecule has 0 spiro atoms. The Kier molecular flexibility index (Phi) is 4.51. The molecule has 1 atom stereocenters. The molecule has 7 heteroatoms. The fourth-order valence-electron chi connectivity index (χ4n) is 1.11. The Bertz CT molecular complexity index is 543. The van der Waals surface area contributed by atoms with Gasteiger partial charge in [0.05, 0.1) is 4.99 Å². The van der Waals surface area contributed by atoms with Gasteiger partial charge in [-0.3, -0.25) is 4.72 Å². The van der Waals surface area contributed by atoms with Gasteiger partial charge >= 0.3 is 0 Å². The van der Waals surface area contributed by atoms with Crippen molar-refractivity contribution in [1.29, 1.82) is 0 Å². The Morgan fingerprint density at radius 1 is 1.53 bits per heavy atom. The lowest BCUT2D eigenvalue weighted by molar-refractivity contribution is 0.598. The van der Waals surface area contributed by atoms with Crippen molar-refractivity contribution >= 4 is 48.8 Å². The minimum atomic E-state index is -3.57. The molecule has 1 aromatic carbocycles. The van der Waals surface area contributed by atoms with E-state index in [2.05, 4.69) is 32.9 Å². The second kappa shape index (κ2) is 5.32. The van der Waals surface area contributed by atoms with Crippen LogP contribution in [0, 0.1) is 6.92 Å². The molecule has 17 heavy (non-hydrogen) atoms. The van der Waals surface area contributed by atoms with Crippen molar-refractivity contribution in [3.63, 3.8) is 0 Å². The maximum atomic E-state index is 11.8. The summed E-state index contributed by atoms with van der Waals surface area (Å²) in [4.78, 5) is -0.0497. The lowest BCUT2D eigenvalue weighted by atomic mass is 10.2. The number of benzene rings is 1. The number of hydrogen-bond acceptors (Lipinski definition) is 3. The van der Waals surface area contributed by atoms with Crippen molar-refractivity contribution in [2.24, 2.45) is 5.73 Å². The molecule has 1 unspecified atom stereocenters. The lowest BCUT2D eigenvalue weighted by Crippen LogP contribution is -2.35. The molecule has 0 heterocycles. The van der Waals surface area contributed by atoms with Crippen molar-refractivity contribution < 1.29 is 8.42 Å². The van der Waals surface area contributed by atoms with Crippen molar-refractivity contribution in [2.45, 2.75) is 19.1 Å². The quantitative estimate of drug-likeness (QED) is 0.826. The first kappa shape index (κ1) is 14.4. The monoisotopic (exact) mass is 336 g/mol. The van der Waals surface area contributed by atoms with Gasteiger partial charge in [0.15, 0.2) is 0 Å². The first-order valence-electron chi connectivity index (χ1n) is 4.81. The van der Waals surface area contributed by atoms with Gasteiger partial charge in [-0.25, -0.2) is 8.42 Å². The summed E-state index contributed by atoms with van der Waals surface area (Å²) in [5.74, 6) is 0. The topological polar surface area (TPSA) is 72.2 Å². The third-order valence-electron chi connectivity index (χ3n) is 2.28. The van der Waals surface area contributed by atoms with Gasteiger partial charge in [-0.2, -0.15) is 0 Å². The SMILES string of the molecule is Cc1cc(NS(=O)(=O)C(C)C(N)=S)ccc1Br. The average molecular weight is 337 g/mol. The molecule has 0 aliphatic carbocycles. The lowest BCUT2D eigenvalue weighted by Gasteiger charge is -2.14. The Labute approximate surface area is 115 Å². The summed E-state index contributed by atoms with van der Waals surface area (Å²) in [6.45, 7) is 3.33. The molecular formula is C10H13BrN2O2S2.